The van der Waals surface area contributed by atoms with E-state index in [2.05, 4.69) is 9.88 Å². The summed E-state index contributed by atoms with van der Waals surface area (Å²) in [6.45, 7) is 9.03. The number of carbonyl (C=O) groups is 2. The molecular formula is C19H31ClN4O3. The van der Waals surface area contributed by atoms with Crippen molar-refractivity contribution in [1.29, 1.82) is 0 Å². The van der Waals surface area contributed by atoms with Crippen molar-refractivity contribution in [3.05, 3.63) is 23.9 Å². The van der Waals surface area contributed by atoms with Crippen molar-refractivity contribution < 1.29 is 14.3 Å². The maximum absolute atomic E-state index is 12.6. The summed E-state index contributed by atoms with van der Waals surface area (Å²) < 4.78 is 4.98. The largest absolute Gasteiger partial charge is 0.462 e. The molecule has 7 nitrogen and oxygen atoms in total. The number of hydrogen-bond donors (Lipinski definition) is 1. The average molecular weight is 399 g/mol. The standard InChI is InChI=1S/C19H30N4O3.ClH/c1-4-14(3)17(20)18(24)23-10-6-9-22(11-12-23)16-8-7-15(13-21-16)19(25)26-5-2;/h7-8,13-14,17H,4-6,9-12,20H2,1-3H3;1H. The van der Waals surface area contributed by atoms with Crippen LogP contribution in [0.25, 0.3) is 0 Å². The number of nitrogens with zero attached hydrogens (tertiary/aromatic N) is 3. The zero-order valence-electron chi connectivity index (χ0n) is 16.4. The van der Waals surface area contributed by atoms with Crippen LogP contribution in [0.1, 0.15) is 44.0 Å². The van der Waals surface area contributed by atoms with Crippen LogP contribution in [0, 0.1) is 5.92 Å². The molecule has 0 radical (unpaired) electrons. The van der Waals surface area contributed by atoms with Gasteiger partial charge in [-0.3, -0.25) is 4.79 Å². The third kappa shape index (κ3) is 6.07. The summed E-state index contributed by atoms with van der Waals surface area (Å²) >= 11 is 0. The molecule has 1 saturated heterocycles. The fourth-order valence-electron chi connectivity index (χ4n) is 2.98. The summed E-state index contributed by atoms with van der Waals surface area (Å²) in [6, 6.07) is 3.12. The van der Waals surface area contributed by atoms with Crippen molar-refractivity contribution in [2.75, 3.05) is 37.7 Å². The van der Waals surface area contributed by atoms with Crippen molar-refractivity contribution in [1.82, 2.24) is 9.88 Å². The molecule has 0 aliphatic carbocycles. The molecule has 0 aromatic carbocycles. The van der Waals surface area contributed by atoms with Crippen LogP contribution >= 0.6 is 12.4 Å². The van der Waals surface area contributed by atoms with E-state index in [-0.39, 0.29) is 30.2 Å². The molecule has 1 amide bonds. The van der Waals surface area contributed by atoms with Gasteiger partial charge >= 0.3 is 5.97 Å². The number of nitrogens with two attached hydrogens (primary N) is 1. The molecule has 1 aliphatic heterocycles. The number of ether oxygens (including phenoxy) is 1. The molecule has 2 N–H and O–H groups in total. The fourth-order valence-corrected chi connectivity index (χ4v) is 2.98. The van der Waals surface area contributed by atoms with Crippen molar-refractivity contribution in [2.24, 2.45) is 11.7 Å². The van der Waals surface area contributed by atoms with E-state index < -0.39 is 6.04 Å². The molecule has 0 bridgehead atoms. The average Bonchev–Trinajstić information content (AvgIpc) is 2.92. The molecule has 1 fully saturated rings. The van der Waals surface area contributed by atoms with Crippen LogP contribution in [0.5, 0.6) is 0 Å². The van der Waals surface area contributed by atoms with Gasteiger partial charge in [0.25, 0.3) is 0 Å². The molecule has 1 aromatic heterocycles. The number of aromatic nitrogens is 1. The van der Waals surface area contributed by atoms with E-state index in [1.54, 1.807) is 19.2 Å². The lowest BCUT2D eigenvalue weighted by molar-refractivity contribution is -0.133. The third-order valence-electron chi connectivity index (χ3n) is 4.93. The number of rotatable bonds is 6. The first-order chi connectivity index (χ1) is 12.5. The molecule has 1 aromatic rings. The molecule has 2 heterocycles. The summed E-state index contributed by atoms with van der Waals surface area (Å²) in [7, 11) is 0. The van der Waals surface area contributed by atoms with E-state index in [1.165, 1.54) is 0 Å². The Morgan fingerprint density at radius 3 is 2.56 bits per heavy atom. The van der Waals surface area contributed by atoms with E-state index in [1.807, 2.05) is 24.8 Å². The van der Waals surface area contributed by atoms with Crippen LogP contribution in [0.2, 0.25) is 0 Å². The van der Waals surface area contributed by atoms with Gasteiger partial charge in [0.05, 0.1) is 18.2 Å². The van der Waals surface area contributed by atoms with Crippen LogP contribution in [-0.4, -0.2) is 60.6 Å². The quantitative estimate of drug-likeness (QED) is 0.738. The van der Waals surface area contributed by atoms with Crippen molar-refractivity contribution >= 4 is 30.1 Å². The molecule has 0 spiro atoms. The Balaban J connectivity index is 0.00000364. The van der Waals surface area contributed by atoms with Gasteiger partial charge in [0.2, 0.25) is 5.91 Å². The van der Waals surface area contributed by atoms with E-state index in [9.17, 15) is 9.59 Å². The van der Waals surface area contributed by atoms with Crippen molar-refractivity contribution in [2.45, 2.75) is 39.7 Å². The summed E-state index contributed by atoms with van der Waals surface area (Å²) in [5.41, 5.74) is 6.55. The third-order valence-corrected chi connectivity index (χ3v) is 4.93. The lowest BCUT2D eigenvalue weighted by Crippen LogP contribution is -2.48. The molecule has 27 heavy (non-hydrogen) atoms. The smallest absolute Gasteiger partial charge is 0.339 e. The monoisotopic (exact) mass is 398 g/mol. The molecule has 2 rings (SSSR count). The van der Waals surface area contributed by atoms with Crippen LogP contribution in [0.15, 0.2) is 18.3 Å². The Hall–Kier alpha value is -1.86. The van der Waals surface area contributed by atoms with Crippen LogP contribution in [0.4, 0.5) is 5.82 Å². The van der Waals surface area contributed by atoms with Crippen molar-refractivity contribution in [3.63, 3.8) is 0 Å². The molecule has 8 heteroatoms. The predicted octanol–water partition coefficient (Wildman–Crippen LogP) is 2.09. The number of hydrogen-bond acceptors (Lipinski definition) is 6. The Kier molecular flexibility index (Phi) is 9.52. The Labute approximate surface area is 167 Å². The minimum atomic E-state index is -0.437. The number of amides is 1. The van der Waals surface area contributed by atoms with Gasteiger partial charge in [-0.15, -0.1) is 12.4 Å². The second-order valence-corrected chi connectivity index (χ2v) is 6.70. The molecule has 1 aliphatic rings. The van der Waals surface area contributed by atoms with E-state index >= 15 is 0 Å². The highest BCUT2D eigenvalue weighted by Crippen LogP contribution is 2.16. The Morgan fingerprint density at radius 2 is 1.96 bits per heavy atom. The Bertz CT molecular complexity index is 611. The van der Waals surface area contributed by atoms with Gasteiger partial charge in [-0.25, -0.2) is 9.78 Å². The lowest BCUT2D eigenvalue weighted by Gasteiger charge is -2.27. The summed E-state index contributed by atoms with van der Waals surface area (Å²) in [5.74, 6) is 0.655. The first-order valence-corrected chi connectivity index (χ1v) is 9.40. The van der Waals surface area contributed by atoms with Gasteiger partial charge in [-0.1, -0.05) is 20.3 Å². The first kappa shape index (κ1) is 23.2. The van der Waals surface area contributed by atoms with Gasteiger partial charge in [0.15, 0.2) is 0 Å². The highest BCUT2D eigenvalue weighted by atomic mass is 35.5. The lowest BCUT2D eigenvalue weighted by atomic mass is 9.99. The van der Waals surface area contributed by atoms with Gasteiger partial charge in [0.1, 0.15) is 5.82 Å². The number of carbonyl (C=O) groups excluding carboxylic acids is 2. The second-order valence-electron chi connectivity index (χ2n) is 6.70. The topological polar surface area (TPSA) is 88.8 Å². The highest BCUT2D eigenvalue weighted by Gasteiger charge is 2.27. The number of anilines is 1. The van der Waals surface area contributed by atoms with E-state index in [4.69, 9.17) is 10.5 Å². The van der Waals surface area contributed by atoms with Crippen LogP contribution < -0.4 is 10.6 Å². The summed E-state index contributed by atoms with van der Waals surface area (Å²) in [4.78, 5) is 32.7. The normalized spacial score (nSPS) is 16.7. The first-order valence-electron chi connectivity index (χ1n) is 9.40. The van der Waals surface area contributed by atoms with E-state index in [0.29, 0.717) is 31.8 Å². The van der Waals surface area contributed by atoms with E-state index in [0.717, 1.165) is 25.2 Å². The minimum Gasteiger partial charge on any atom is -0.462 e. The van der Waals surface area contributed by atoms with Gasteiger partial charge in [0, 0.05) is 32.4 Å². The Morgan fingerprint density at radius 1 is 1.22 bits per heavy atom. The number of halogens is 1. The molecule has 152 valence electrons. The fraction of sp³-hybridized carbons (Fsp3) is 0.632. The molecular weight excluding hydrogens is 368 g/mol. The maximum atomic E-state index is 12.6. The molecule has 2 unspecified atom stereocenters. The summed E-state index contributed by atoms with van der Waals surface area (Å²) in [6.07, 6.45) is 3.30. The maximum Gasteiger partial charge on any atom is 0.339 e. The molecule has 0 saturated carbocycles. The van der Waals surface area contributed by atoms with Gasteiger partial charge in [-0.2, -0.15) is 0 Å². The number of esters is 1. The zero-order valence-corrected chi connectivity index (χ0v) is 17.2. The highest BCUT2D eigenvalue weighted by molar-refractivity contribution is 5.89. The summed E-state index contributed by atoms with van der Waals surface area (Å²) in [5, 5.41) is 0. The van der Waals surface area contributed by atoms with Crippen LogP contribution in [0.3, 0.4) is 0 Å². The van der Waals surface area contributed by atoms with Gasteiger partial charge in [-0.05, 0) is 31.4 Å². The minimum absolute atomic E-state index is 0. The SMILES string of the molecule is CCOC(=O)c1ccc(N2CCCN(C(=O)C(N)C(C)CC)CC2)nc1.Cl. The van der Waals surface area contributed by atoms with Gasteiger partial charge < -0.3 is 20.3 Å². The number of pyridine rings is 1. The predicted molar refractivity (Wildman–Crippen MR) is 108 cm³/mol. The van der Waals surface area contributed by atoms with Crippen molar-refractivity contribution in [3.8, 4) is 0 Å². The second kappa shape index (κ2) is 11.1. The molecule has 2 atom stereocenters. The van der Waals surface area contributed by atoms with Crippen LogP contribution in [-0.2, 0) is 9.53 Å². The zero-order chi connectivity index (χ0) is 19.1.